The van der Waals surface area contributed by atoms with Gasteiger partial charge in [0.2, 0.25) is 0 Å². The Bertz CT molecular complexity index is 293. The number of hydrogen-bond donors (Lipinski definition) is 3. The number of unbranched alkanes of at least 4 members (excludes halogenated alkanes) is 6. The third kappa shape index (κ3) is 7.20. The number of aliphatic hydroxyl groups is 3. The maximum absolute atomic E-state index is 9.91. The molecule has 0 aliphatic carbocycles. The van der Waals surface area contributed by atoms with E-state index in [1.165, 1.54) is 32.1 Å². The topological polar surface area (TPSA) is 79.2 Å². The van der Waals surface area contributed by atoms with E-state index < -0.39 is 24.4 Å². The fourth-order valence-electron chi connectivity index (χ4n) is 2.67. The molecular formula is C17H32O5. The first kappa shape index (κ1) is 19.6. The molecule has 0 aromatic carbocycles. The summed E-state index contributed by atoms with van der Waals surface area (Å²) in [5.41, 5.74) is 0. The molecule has 1 rings (SSSR count). The Labute approximate surface area is 133 Å². The fraction of sp³-hybridized carbons (Fsp3) is 0.882. The average Bonchev–Trinajstić information content (AvgIpc) is 2.53. The second-order valence-electron chi connectivity index (χ2n) is 5.93. The quantitative estimate of drug-likeness (QED) is 0.400. The zero-order valence-electron chi connectivity index (χ0n) is 13.7. The van der Waals surface area contributed by atoms with Gasteiger partial charge in [0.15, 0.2) is 0 Å². The summed E-state index contributed by atoms with van der Waals surface area (Å²) in [6.45, 7) is 2.40. The Balaban J connectivity index is 2.05. The highest BCUT2D eigenvalue weighted by Gasteiger charge is 2.39. The molecule has 0 saturated carbocycles. The van der Waals surface area contributed by atoms with E-state index in [2.05, 4.69) is 19.1 Å². The van der Waals surface area contributed by atoms with Crippen molar-refractivity contribution in [2.24, 2.45) is 0 Å². The van der Waals surface area contributed by atoms with Crippen LogP contribution in [0.5, 0.6) is 0 Å². The monoisotopic (exact) mass is 316 g/mol. The highest BCUT2D eigenvalue weighted by atomic mass is 16.6. The van der Waals surface area contributed by atoms with Crippen LogP contribution in [0.15, 0.2) is 12.2 Å². The van der Waals surface area contributed by atoms with Crippen LogP contribution in [0.3, 0.4) is 0 Å². The van der Waals surface area contributed by atoms with Crippen molar-refractivity contribution in [1.82, 2.24) is 0 Å². The van der Waals surface area contributed by atoms with E-state index in [0.29, 0.717) is 6.61 Å². The van der Waals surface area contributed by atoms with Crippen molar-refractivity contribution in [3.05, 3.63) is 12.2 Å². The van der Waals surface area contributed by atoms with Gasteiger partial charge in [-0.15, -0.1) is 0 Å². The molecule has 5 nitrogen and oxygen atoms in total. The molecule has 1 aliphatic heterocycles. The van der Waals surface area contributed by atoms with E-state index in [9.17, 15) is 15.3 Å². The van der Waals surface area contributed by atoms with Crippen LogP contribution in [0, 0.1) is 0 Å². The van der Waals surface area contributed by atoms with Gasteiger partial charge in [0.1, 0.15) is 24.4 Å². The number of ether oxygens (including phenoxy) is 2. The van der Waals surface area contributed by atoms with Gasteiger partial charge in [0.25, 0.3) is 0 Å². The molecule has 0 unspecified atom stereocenters. The predicted molar refractivity (Wildman–Crippen MR) is 85.7 cm³/mol. The molecule has 4 atom stereocenters. The van der Waals surface area contributed by atoms with Crippen LogP contribution in [0.25, 0.3) is 0 Å². The lowest BCUT2D eigenvalue weighted by Gasteiger charge is -2.37. The van der Waals surface area contributed by atoms with Gasteiger partial charge in [-0.25, -0.2) is 0 Å². The molecule has 5 heteroatoms. The van der Waals surface area contributed by atoms with Crippen LogP contribution in [-0.4, -0.2) is 59.6 Å². The molecule has 0 amide bonds. The van der Waals surface area contributed by atoms with Gasteiger partial charge >= 0.3 is 0 Å². The van der Waals surface area contributed by atoms with Crippen molar-refractivity contribution in [3.8, 4) is 0 Å². The molecule has 130 valence electrons. The summed E-state index contributed by atoms with van der Waals surface area (Å²) in [5.74, 6) is 0. The molecule has 0 spiro atoms. The Morgan fingerprint density at radius 3 is 2.45 bits per heavy atom. The second kappa shape index (κ2) is 12.0. The van der Waals surface area contributed by atoms with Gasteiger partial charge in [-0.1, -0.05) is 37.8 Å². The molecule has 3 N–H and O–H groups in total. The van der Waals surface area contributed by atoms with Crippen LogP contribution < -0.4 is 0 Å². The first-order chi connectivity index (χ1) is 10.7. The van der Waals surface area contributed by atoms with Gasteiger partial charge in [-0.3, -0.25) is 0 Å². The summed E-state index contributed by atoms with van der Waals surface area (Å²) in [5, 5.41) is 28.7. The lowest BCUT2D eigenvalue weighted by molar-refractivity contribution is -0.211. The fourth-order valence-corrected chi connectivity index (χ4v) is 2.67. The van der Waals surface area contributed by atoms with E-state index in [-0.39, 0.29) is 13.2 Å². The van der Waals surface area contributed by atoms with Crippen molar-refractivity contribution in [1.29, 1.82) is 0 Å². The minimum Gasteiger partial charge on any atom is -0.394 e. The maximum atomic E-state index is 9.91. The van der Waals surface area contributed by atoms with E-state index in [1.807, 2.05) is 0 Å². The van der Waals surface area contributed by atoms with Crippen LogP contribution >= 0.6 is 0 Å². The molecule has 1 fully saturated rings. The third-order valence-electron chi connectivity index (χ3n) is 4.07. The van der Waals surface area contributed by atoms with Gasteiger partial charge in [-0.05, 0) is 26.2 Å². The second-order valence-corrected chi connectivity index (χ2v) is 5.93. The molecular weight excluding hydrogens is 284 g/mol. The molecule has 0 aromatic heterocycles. The SMILES string of the molecule is C/C=C/CCCCCCCCO[C@H]1[C@H](O)[C@@H](O)CO[C@@H]1CO. The van der Waals surface area contributed by atoms with E-state index >= 15 is 0 Å². The first-order valence-electron chi connectivity index (χ1n) is 8.52. The van der Waals surface area contributed by atoms with Gasteiger partial charge in [0, 0.05) is 6.61 Å². The molecule has 1 saturated heterocycles. The lowest BCUT2D eigenvalue weighted by Crippen LogP contribution is -2.55. The molecule has 1 heterocycles. The largest absolute Gasteiger partial charge is 0.394 e. The van der Waals surface area contributed by atoms with Crippen molar-refractivity contribution in [3.63, 3.8) is 0 Å². The number of allylic oxidation sites excluding steroid dienone is 2. The lowest BCUT2D eigenvalue weighted by atomic mass is 10.0. The van der Waals surface area contributed by atoms with Crippen molar-refractivity contribution in [2.75, 3.05) is 19.8 Å². The van der Waals surface area contributed by atoms with E-state index in [0.717, 1.165) is 12.8 Å². The Morgan fingerprint density at radius 2 is 1.77 bits per heavy atom. The Hall–Kier alpha value is -0.460. The number of hydrogen-bond acceptors (Lipinski definition) is 5. The molecule has 0 radical (unpaired) electrons. The summed E-state index contributed by atoms with van der Waals surface area (Å²) < 4.78 is 10.9. The first-order valence-corrected chi connectivity index (χ1v) is 8.52. The Morgan fingerprint density at radius 1 is 1.09 bits per heavy atom. The van der Waals surface area contributed by atoms with Crippen molar-refractivity contribution >= 4 is 0 Å². The predicted octanol–water partition coefficient (Wildman–Crippen LogP) is 1.79. The van der Waals surface area contributed by atoms with E-state index in [1.54, 1.807) is 0 Å². The van der Waals surface area contributed by atoms with Gasteiger partial charge in [0.05, 0.1) is 13.2 Å². The smallest absolute Gasteiger partial charge is 0.114 e. The van der Waals surface area contributed by atoms with Crippen LogP contribution in [0.4, 0.5) is 0 Å². The standard InChI is InChI=1S/C17H32O5/c1-2-3-4-5-6-7-8-9-10-11-21-17-15(12-18)22-13-14(19)16(17)20/h2-3,14-20H,4-13H2,1H3/b3-2+/t14-,15+,16+,17+/m0/s1. The molecule has 1 aliphatic rings. The summed E-state index contributed by atoms with van der Waals surface area (Å²) in [6, 6.07) is 0. The minimum atomic E-state index is -0.988. The summed E-state index contributed by atoms with van der Waals surface area (Å²) in [7, 11) is 0. The van der Waals surface area contributed by atoms with Crippen molar-refractivity contribution in [2.45, 2.75) is 76.3 Å². The zero-order chi connectivity index (χ0) is 16.2. The van der Waals surface area contributed by atoms with Crippen LogP contribution in [0.2, 0.25) is 0 Å². The molecule has 0 bridgehead atoms. The third-order valence-corrected chi connectivity index (χ3v) is 4.07. The normalized spacial score (nSPS) is 29.3. The number of rotatable bonds is 11. The van der Waals surface area contributed by atoms with Crippen LogP contribution in [0.1, 0.15) is 51.9 Å². The van der Waals surface area contributed by atoms with Crippen LogP contribution in [-0.2, 0) is 9.47 Å². The van der Waals surface area contributed by atoms with Gasteiger partial charge < -0.3 is 24.8 Å². The van der Waals surface area contributed by atoms with E-state index in [4.69, 9.17) is 9.47 Å². The van der Waals surface area contributed by atoms with Crippen molar-refractivity contribution < 1.29 is 24.8 Å². The molecule has 22 heavy (non-hydrogen) atoms. The zero-order valence-corrected chi connectivity index (χ0v) is 13.7. The Kier molecular flexibility index (Phi) is 10.7. The minimum absolute atomic E-state index is 0.0411. The number of aliphatic hydroxyl groups excluding tert-OH is 3. The maximum Gasteiger partial charge on any atom is 0.114 e. The molecule has 0 aromatic rings. The highest BCUT2D eigenvalue weighted by Crippen LogP contribution is 2.19. The summed E-state index contributed by atoms with van der Waals surface area (Å²) in [6.07, 6.45) is 9.31. The average molecular weight is 316 g/mol. The summed E-state index contributed by atoms with van der Waals surface area (Å²) >= 11 is 0. The summed E-state index contributed by atoms with van der Waals surface area (Å²) in [4.78, 5) is 0. The highest BCUT2D eigenvalue weighted by molar-refractivity contribution is 4.87. The van der Waals surface area contributed by atoms with Gasteiger partial charge in [-0.2, -0.15) is 0 Å².